The van der Waals surface area contributed by atoms with Crippen molar-refractivity contribution in [2.24, 2.45) is 5.92 Å². The zero-order valence-corrected chi connectivity index (χ0v) is 12.9. The molecule has 0 bridgehead atoms. The highest BCUT2D eigenvalue weighted by molar-refractivity contribution is 5.96. The second-order valence-electron chi connectivity index (χ2n) is 5.93. The Kier molecular flexibility index (Phi) is 5.05. The van der Waals surface area contributed by atoms with Crippen LogP contribution in [0, 0.1) is 12.8 Å². The van der Waals surface area contributed by atoms with Crippen molar-refractivity contribution in [1.82, 2.24) is 4.90 Å². The van der Waals surface area contributed by atoms with Gasteiger partial charge in [-0.05, 0) is 55.9 Å². The van der Waals surface area contributed by atoms with Crippen molar-refractivity contribution >= 4 is 11.6 Å². The van der Waals surface area contributed by atoms with Gasteiger partial charge >= 0.3 is 0 Å². The van der Waals surface area contributed by atoms with E-state index in [1.54, 1.807) is 0 Å². The maximum atomic E-state index is 12.6. The quantitative estimate of drug-likeness (QED) is 0.908. The number of likely N-dealkylation sites (tertiary alicyclic amines) is 1. The van der Waals surface area contributed by atoms with E-state index in [0.29, 0.717) is 0 Å². The zero-order chi connectivity index (χ0) is 14.5. The van der Waals surface area contributed by atoms with Crippen LogP contribution in [-0.4, -0.2) is 30.4 Å². The number of rotatable bonds is 4. The Bertz CT molecular complexity index is 462. The Hall–Kier alpha value is -1.51. The number of amides is 1. The fourth-order valence-corrected chi connectivity index (χ4v) is 2.66. The first kappa shape index (κ1) is 14.9. The van der Waals surface area contributed by atoms with Crippen LogP contribution in [0.15, 0.2) is 18.2 Å². The molecule has 3 heteroatoms. The molecule has 1 aliphatic heterocycles. The largest absolute Gasteiger partial charge is 0.385 e. The predicted molar refractivity (Wildman–Crippen MR) is 84.3 cm³/mol. The van der Waals surface area contributed by atoms with E-state index in [4.69, 9.17) is 0 Å². The molecule has 0 unspecified atom stereocenters. The predicted octanol–water partition coefficient (Wildman–Crippen LogP) is 3.69. The molecule has 1 saturated heterocycles. The third-order valence-corrected chi connectivity index (χ3v) is 4.11. The van der Waals surface area contributed by atoms with E-state index in [1.807, 2.05) is 24.0 Å². The van der Waals surface area contributed by atoms with Crippen molar-refractivity contribution in [2.75, 3.05) is 25.0 Å². The second kappa shape index (κ2) is 6.78. The summed E-state index contributed by atoms with van der Waals surface area (Å²) < 4.78 is 0. The van der Waals surface area contributed by atoms with Gasteiger partial charge in [0.2, 0.25) is 0 Å². The number of hydrogen-bond donors (Lipinski definition) is 1. The molecule has 1 aromatic rings. The van der Waals surface area contributed by atoms with Gasteiger partial charge < -0.3 is 10.2 Å². The van der Waals surface area contributed by atoms with Gasteiger partial charge in [-0.25, -0.2) is 0 Å². The summed E-state index contributed by atoms with van der Waals surface area (Å²) in [6, 6.07) is 6.06. The van der Waals surface area contributed by atoms with Gasteiger partial charge in [0.15, 0.2) is 0 Å². The van der Waals surface area contributed by atoms with Crippen LogP contribution in [0.1, 0.15) is 49.0 Å². The number of hydrogen-bond acceptors (Lipinski definition) is 2. The summed E-state index contributed by atoms with van der Waals surface area (Å²) >= 11 is 0. The molecule has 3 nitrogen and oxygen atoms in total. The molecule has 1 amide bonds. The van der Waals surface area contributed by atoms with E-state index in [0.717, 1.165) is 61.6 Å². The van der Waals surface area contributed by atoms with E-state index in [9.17, 15) is 4.79 Å². The second-order valence-corrected chi connectivity index (χ2v) is 5.93. The Morgan fingerprint density at radius 2 is 2.05 bits per heavy atom. The molecule has 0 aliphatic carbocycles. The summed E-state index contributed by atoms with van der Waals surface area (Å²) in [4.78, 5) is 14.6. The van der Waals surface area contributed by atoms with Gasteiger partial charge in [-0.1, -0.05) is 13.8 Å². The minimum atomic E-state index is 0.191. The number of nitrogens with zero attached hydrogens (tertiary/aromatic N) is 1. The molecule has 20 heavy (non-hydrogen) atoms. The average molecular weight is 274 g/mol. The van der Waals surface area contributed by atoms with Gasteiger partial charge in [0, 0.05) is 30.9 Å². The van der Waals surface area contributed by atoms with E-state index < -0.39 is 0 Å². The van der Waals surface area contributed by atoms with Gasteiger partial charge in [-0.3, -0.25) is 4.79 Å². The van der Waals surface area contributed by atoms with Crippen LogP contribution in [0.2, 0.25) is 0 Å². The molecule has 0 spiro atoms. The first-order valence-corrected chi connectivity index (χ1v) is 7.75. The monoisotopic (exact) mass is 274 g/mol. The number of anilines is 1. The van der Waals surface area contributed by atoms with Crippen molar-refractivity contribution in [3.05, 3.63) is 29.3 Å². The SMILES string of the molecule is CCCNc1ccc(C(=O)N2CCC(C)CC2)c(C)c1. The molecule has 0 atom stereocenters. The lowest BCUT2D eigenvalue weighted by Crippen LogP contribution is -2.38. The molecular formula is C17H26N2O. The van der Waals surface area contributed by atoms with Gasteiger partial charge in [0.1, 0.15) is 0 Å². The van der Waals surface area contributed by atoms with Gasteiger partial charge in [0.25, 0.3) is 5.91 Å². The summed E-state index contributed by atoms with van der Waals surface area (Å²) in [5.41, 5.74) is 3.02. The van der Waals surface area contributed by atoms with Crippen LogP contribution >= 0.6 is 0 Å². The third-order valence-electron chi connectivity index (χ3n) is 4.11. The molecule has 1 aliphatic rings. The van der Waals surface area contributed by atoms with E-state index in [2.05, 4.69) is 25.2 Å². The summed E-state index contributed by atoms with van der Waals surface area (Å²) in [6.07, 6.45) is 3.35. The minimum Gasteiger partial charge on any atom is -0.385 e. The van der Waals surface area contributed by atoms with Crippen molar-refractivity contribution in [1.29, 1.82) is 0 Å². The van der Waals surface area contributed by atoms with Crippen LogP contribution in [0.4, 0.5) is 5.69 Å². The first-order valence-electron chi connectivity index (χ1n) is 7.75. The summed E-state index contributed by atoms with van der Waals surface area (Å²) in [5.74, 6) is 0.942. The normalized spacial score (nSPS) is 16.2. The number of nitrogens with one attached hydrogen (secondary N) is 1. The summed E-state index contributed by atoms with van der Waals surface area (Å²) in [6.45, 7) is 9.20. The van der Waals surface area contributed by atoms with E-state index in [-0.39, 0.29) is 5.91 Å². The molecule has 1 N–H and O–H groups in total. The fraction of sp³-hybridized carbons (Fsp3) is 0.588. The van der Waals surface area contributed by atoms with Crippen LogP contribution in [-0.2, 0) is 0 Å². The topological polar surface area (TPSA) is 32.3 Å². The third kappa shape index (κ3) is 3.53. The maximum Gasteiger partial charge on any atom is 0.254 e. The minimum absolute atomic E-state index is 0.191. The Balaban J connectivity index is 2.06. The highest BCUT2D eigenvalue weighted by Crippen LogP contribution is 2.21. The lowest BCUT2D eigenvalue weighted by Gasteiger charge is -2.30. The fourth-order valence-electron chi connectivity index (χ4n) is 2.66. The molecule has 110 valence electrons. The number of aryl methyl sites for hydroxylation is 1. The van der Waals surface area contributed by atoms with Gasteiger partial charge in [-0.15, -0.1) is 0 Å². The van der Waals surface area contributed by atoms with Crippen LogP contribution < -0.4 is 5.32 Å². The summed E-state index contributed by atoms with van der Waals surface area (Å²) in [7, 11) is 0. The number of piperidine rings is 1. The number of carbonyl (C=O) groups is 1. The first-order chi connectivity index (χ1) is 9.61. The smallest absolute Gasteiger partial charge is 0.254 e. The Morgan fingerprint density at radius 1 is 1.35 bits per heavy atom. The molecule has 0 radical (unpaired) electrons. The number of carbonyl (C=O) groups excluding carboxylic acids is 1. The lowest BCUT2D eigenvalue weighted by molar-refractivity contribution is 0.0696. The van der Waals surface area contributed by atoms with Crippen molar-refractivity contribution in [3.63, 3.8) is 0 Å². The molecule has 1 fully saturated rings. The van der Waals surface area contributed by atoms with E-state index >= 15 is 0 Å². The van der Waals surface area contributed by atoms with Gasteiger partial charge in [0.05, 0.1) is 0 Å². The van der Waals surface area contributed by atoms with Crippen molar-refractivity contribution in [2.45, 2.75) is 40.0 Å². The van der Waals surface area contributed by atoms with Crippen LogP contribution in [0.3, 0.4) is 0 Å². The van der Waals surface area contributed by atoms with Crippen molar-refractivity contribution in [3.8, 4) is 0 Å². The summed E-state index contributed by atoms with van der Waals surface area (Å²) in [5, 5.41) is 3.36. The molecule has 1 aromatic carbocycles. The van der Waals surface area contributed by atoms with Crippen LogP contribution in [0.5, 0.6) is 0 Å². The number of benzene rings is 1. The molecule has 1 heterocycles. The Labute approximate surface area is 122 Å². The standard InChI is InChI=1S/C17H26N2O/c1-4-9-18-15-5-6-16(14(3)12-15)17(20)19-10-7-13(2)8-11-19/h5-6,12-13,18H,4,7-11H2,1-3H3. The molecular weight excluding hydrogens is 248 g/mol. The highest BCUT2D eigenvalue weighted by Gasteiger charge is 2.22. The van der Waals surface area contributed by atoms with Crippen LogP contribution in [0.25, 0.3) is 0 Å². The van der Waals surface area contributed by atoms with Gasteiger partial charge in [-0.2, -0.15) is 0 Å². The van der Waals surface area contributed by atoms with Crippen molar-refractivity contribution < 1.29 is 4.79 Å². The average Bonchev–Trinajstić information content (AvgIpc) is 2.45. The maximum absolute atomic E-state index is 12.6. The highest BCUT2D eigenvalue weighted by atomic mass is 16.2. The molecule has 0 aromatic heterocycles. The molecule has 0 saturated carbocycles. The van der Waals surface area contributed by atoms with E-state index in [1.165, 1.54) is 0 Å². The zero-order valence-electron chi connectivity index (χ0n) is 12.9. The Morgan fingerprint density at radius 3 is 2.65 bits per heavy atom. The molecule has 2 rings (SSSR count). The lowest BCUT2D eigenvalue weighted by atomic mass is 9.98.